The third kappa shape index (κ3) is 5.47. The van der Waals surface area contributed by atoms with Crippen molar-refractivity contribution in [2.24, 2.45) is 0 Å². The molecule has 1 amide bonds. The van der Waals surface area contributed by atoms with Gasteiger partial charge in [0.05, 0.1) is 17.8 Å². The van der Waals surface area contributed by atoms with Crippen LogP contribution in [-0.2, 0) is 4.79 Å². The summed E-state index contributed by atoms with van der Waals surface area (Å²) in [6.45, 7) is 3.02. The van der Waals surface area contributed by atoms with E-state index in [0.29, 0.717) is 19.5 Å². The van der Waals surface area contributed by atoms with E-state index in [1.54, 1.807) is 6.20 Å². The van der Waals surface area contributed by atoms with E-state index in [0.717, 1.165) is 18.8 Å². The van der Waals surface area contributed by atoms with E-state index >= 15 is 0 Å². The molecule has 0 bridgehead atoms. The quantitative estimate of drug-likeness (QED) is 0.594. The first kappa shape index (κ1) is 18.3. The largest absolute Gasteiger partial charge is 0.390 e. The minimum atomic E-state index is -0.525. The molecule has 25 heavy (non-hydrogen) atoms. The molecule has 0 spiro atoms. The third-order valence-corrected chi connectivity index (χ3v) is 4.94. The number of hydrazine groups is 1. The molecular formula is C18H29N5O2. The Morgan fingerprint density at radius 1 is 1.28 bits per heavy atom. The molecule has 1 aromatic heterocycles. The van der Waals surface area contributed by atoms with Crippen LogP contribution in [0.4, 0.5) is 0 Å². The molecular weight excluding hydrogens is 318 g/mol. The predicted octanol–water partition coefficient (Wildman–Crippen LogP) is 0.342. The molecule has 2 fully saturated rings. The summed E-state index contributed by atoms with van der Waals surface area (Å²) in [5.74, 6) is -0.0825. The lowest BCUT2D eigenvalue weighted by molar-refractivity contribution is -0.123. The van der Waals surface area contributed by atoms with Gasteiger partial charge in [-0.05, 0) is 44.5 Å². The summed E-state index contributed by atoms with van der Waals surface area (Å²) in [6, 6.07) is 5.49. The van der Waals surface area contributed by atoms with Crippen molar-refractivity contribution in [2.75, 3.05) is 26.2 Å². The van der Waals surface area contributed by atoms with E-state index in [1.807, 2.05) is 18.2 Å². The summed E-state index contributed by atoms with van der Waals surface area (Å²) in [5, 5.41) is 13.1. The first-order valence-corrected chi connectivity index (χ1v) is 9.32. The first-order valence-electron chi connectivity index (χ1n) is 9.32. The van der Waals surface area contributed by atoms with Gasteiger partial charge >= 0.3 is 0 Å². The maximum atomic E-state index is 12.3. The van der Waals surface area contributed by atoms with Crippen molar-refractivity contribution in [3.8, 4) is 0 Å². The second-order valence-electron chi connectivity index (χ2n) is 7.00. The fourth-order valence-corrected chi connectivity index (χ4v) is 3.53. The molecule has 4 N–H and O–H groups in total. The summed E-state index contributed by atoms with van der Waals surface area (Å²) >= 11 is 0. The van der Waals surface area contributed by atoms with Gasteiger partial charge in [-0.1, -0.05) is 18.9 Å². The molecule has 1 aromatic rings. The summed E-state index contributed by atoms with van der Waals surface area (Å²) in [5.41, 5.74) is 7.07. The summed E-state index contributed by atoms with van der Waals surface area (Å²) in [4.78, 5) is 18.9. The zero-order chi connectivity index (χ0) is 17.5. The van der Waals surface area contributed by atoms with Crippen LogP contribution in [-0.4, -0.2) is 59.2 Å². The molecule has 2 aliphatic heterocycles. The van der Waals surface area contributed by atoms with E-state index in [-0.39, 0.29) is 18.0 Å². The molecule has 138 valence electrons. The molecule has 3 atom stereocenters. The Hall–Kier alpha value is -1.54. The number of aromatic nitrogens is 1. The average Bonchev–Trinajstić information content (AvgIpc) is 3.00. The average molecular weight is 347 g/mol. The van der Waals surface area contributed by atoms with Crippen LogP contribution < -0.4 is 16.2 Å². The number of carbonyl (C=O) groups excluding carboxylic acids is 1. The number of amides is 1. The highest BCUT2D eigenvalue weighted by Gasteiger charge is 2.30. The van der Waals surface area contributed by atoms with Crippen LogP contribution in [0.1, 0.15) is 43.8 Å². The number of nitrogens with one attached hydrogen (secondary N) is 3. The molecule has 0 aliphatic carbocycles. The molecule has 3 rings (SSSR count). The number of hydrogen-bond acceptors (Lipinski definition) is 6. The smallest absolute Gasteiger partial charge is 0.238 e. The van der Waals surface area contributed by atoms with Crippen LogP contribution in [0.15, 0.2) is 24.4 Å². The number of hydrogen-bond donors (Lipinski definition) is 4. The number of nitrogens with zero attached hydrogens (tertiary/aromatic N) is 2. The monoisotopic (exact) mass is 347 g/mol. The Labute approximate surface area is 149 Å². The van der Waals surface area contributed by atoms with Crippen molar-refractivity contribution in [2.45, 2.75) is 50.3 Å². The van der Waals surface area contributed by atoms with E-state index in [1.165, 1.54) is 25.7 Å². The van der Waals surface area contributed by atoms with Crippen LogP contribution in [0, 0.1) is 0 Å². The number of likely N-dealkylation sites (tertiary alicyclic amines) is 1. The van der Waals surface area contributed by atoms with Gasteiger partial charge in [-0.15, -0.1) is 0 Å². The van der Waals surface area contributed by atoms with Gasteiger partial charge in [0, 0.05) is 19.3 Å². The molecule has 3 heterocycles. The van der Waals surface area contributed by atoms with Gasteiger partial charge in [-0.25, -0.2) is 10.9 Å². The normalized spacial score (nSPS) is 26.1. The minimum Gasteiger partial charge on any atom is -0.390 e. The van der Waals surface area contributed by atoms with Crippen LogP contribution in [0.2, 0.25) is 0 Å². The van der Waals surface area contributed by atoms with Gasteiger partial charge in [-0.2, -0.15) is 0 Å². The number of rotatable bonds is 6. The lowest BCUT2D eigenvalue weighted by Crippen LogP contribution is -2.47. The van der Waals surface area contributed by atoms with Gasteiger partial charge in [-0.3, -0.25) is 9.78 Å². The summed E-state index contributed by atoms with van der Waals surface area (Å²) < 4.78 is 0. The second kappa shape index (κ2) is 9.24. The lowest BCUT2D eigenvalue weighted by Gasteiger charge is -2.23. The van der Waals surface area contributed by atoms with Crippen molar-refractivity contribution < 1.29 is 9.90 Å². The molecule has 0 saturated carbocycles. The fourth-order valence-electron chi connectivity index (χ4n) is 3.53. The number of β-amino-alcohol motifs (C(OH)–C–C–N with tert-alkyl or cyclic N) is 1. The highest BCUT2D eigenvalue weighted by Crippen LogP contribution is 2.20. The summed E-state index contributed by atoms with van der Waals surface area (Å²) in [6.07, 6.45) is 6.83. The lowest BCUT2D eigenvalue weighted by atomic mass is 10.1. The van der Waals surface area contributed by atoms with Gasteiger partial charge in [0.1, 0.15) is 6.04 Å². The minimum absolute atomic E-state index is 0.0268. The standard InChI is InChI=1S/C18H29N5O2/c24-14(13-23-9-5-1-2-6-10-23)12-20-18(25)17-11-16(21-22-17)15-7-3-4-8-19-15/h3-4,7-8,14,16-17,21-22,24H,1-2,5-6,9-13H2,(H,20,25). The Morgan fingerprint density at radius 2 is 2.08 bits per heavy atom. The predicted molar refractivity (Wildman–Crippen MR) is 95.6 cm³/mol. The highest BCUT2D eigenvalue weighted by molar-refractivity contribution is 5.82. The molecule has 0 radical (unpaired) electrons. The summed E-state index contributed by atoms with van der Waals surface area (Å²) in [7, 11) is 0. The zero-order valence-electron chi connectivity index (χ0n) is 14.7. The van der Waals surface area contributed by atoms with Crippen LogP contribution >= 0.6 is 0 Å². The Balaban J connectivity index is 1.39. The van der Waals surface area contributed by atoms with Gasteiger partial charge in [0.25, 0.3) is 0 Å². The van der Waals surface area contributed by atoms with E-state index in [9.17, 15) is 9.90 Å². The number of aliphatic hydroxyl groups excluding tert-OH is 1. The fraction of sp³-hybridized carbons (Fsp3) is 0.667. The third-order valence-electron chi connectivity index (χ3n) is 4.94. The zero-order valence-corrected chi connectivity index (χ0v) is 14.7. The first-order chi connectivity index (χ1) is 12.2. The molecule has 7 heteroatoms. The molecule has 7 nitrogen and oxygen atoms in total. The Morgan fingerprint density at radius 3 is 2.80 bits per heavy atom. The SMILES string of the molecule is O=C(NCC(O)CN1CCCCCC1)C1CC(c2ccccn2)NN1. The van der Waals surface area contributed by atoms with Crippen molar-refractivity contribution in [1.82, 2.24) is 26.1 Å². The molecule has 2 saturated heterocycles. The van der Waals surface area contributed by atoms with Crippen LogP contribution in [0.25, 0.3) is 0 Å². The highest BCUT2D eigenvalue weighted by atomic mass is 16.3. The van der Waals surface area contributed by atoms with Crippen LogP contribution in [0.5, 0.6) is 0 Å². The number of carbonyl (C=O) groups is 1. The maximum absolute atomic E-state index is 12.3. The van der Waals surface area contributed by atoms with E-state index in [4.69, 9.17) is 0 Å². The molecule has 2 aliphatic rings. The van der Waals surface area contributed by atoms with E-state index < -0.39 is 6.10 Å². The number of aliphatic hydroxyl groups is 1. The maximum Gasteiger partial charge on any atom is 0.238 e. The van der Waals surface area contributed by atoms with Gasteiger partial charge < -0.3 is 15.3 Å². The topological polar surface area (TPSA) is 89.5 Å². The Bertz CT molecular complexity index is 534. The van der Waals surface area contributed by atoms with Crippen molar-refractivity contribution in [3.05, 3.63) is 30.1 Å². The second-order valence-corrected chi connectivity index (χ2v) is 7.00. The Kier molecular flexibility index (Phi) is 6.75. The van der Waals surface area contributed by atoms with Gasteiger partial charge in [0.15, 0.2) is 0 Å². The number of pyridine rings is 1. The molecule has 3 unspecified atom stereocenters. The van der Waals surface area contributed by atoms with E-state index in [2.05, 4.69) is 26.1 Å². The van der Waals surface area contributed by atoms with Crippen molar-refractivity contribution in [1.29, 1.82) is 0 Å². The van der Waals surface area contributed by atoms with Crippen molar-refractivity contribution in [3.63, 3.8) is 0 Å². The van der Waals surface area contributed by atoms with Crippen molar-refractivity contribution >= 4 is 5.91 Å². The van der Waals surface area contributed by atoms with Crippen LogP contribution in [0.3, 0.4) is 0 Å². The molecule has 0 aromatic carbocycles. The van der Waals surface area contributed by atoms with Gasteiger partial charge in [0.2, 0.25) is 5.91 Å².